The minimum Gasteiger partial charge on any atom is -0.466 e. The molecule has 0 bridgehead atoms. The standard InChI is InChI=1S/C33H34NO4P/c1-33(2,3)38-32(36)34-29(25-17-9-5-10-18-25)30(31(35)37-4)39(26-19-11-6-12-20-26,27-21-13-7-14-22-27)28-23-15-8-16-24-28/h5-24,29H,1-4H3,(H,34,36)/t29-/m1/s1. The highest BCUT2D eigenvalue weighted by Gasteiger charge is 2.39. The van der Waals surface area contributed by atoms with Crippen LogP contribution in [0.4, 0.5) is 4.79 Å². The van der Waals surface area contributed by atoms with E-state index < -0.39 is 30.6 Å². The number of rotatable bonds is 7. The zero-order chi connectivity index (χ0) is 27.9. The molecule has 0 unspecified atom stereocenters. The molecular weight excluding hydrogens is 505 g/mol. The van der Waals surface area contributed by atoms with Gasteiger partial charge < -0.3 is 14.8 Å². The van der Waals surface area contributed by atoms with Crippen LogP contribution in [0.1, 0.15) is 32.4 Å². The van der Waals surface area contributed by atoms with Crippen LogP contribution in [0.2, 0.25) is 0 Å². The fourth-order valence-corrected chi connectivity index (χ4v) is 9.31. The first-order valence-electron chi connectivity index (χ1n) is 12.8. The first-order valence-corrected chi connectivity index (χ1v) is 14.6. The van der Waals surface area contributed by atoms with E-state index >= 15 is 0 Å². The fraction of sp³-hybridized carbons (Fsp3) is 0.182. The lowest BCUT2D eigenvalue weighted by Crippen LogP contribution is -2.44. The molecule has 4 aromatic rings. The summed E-state index contributed by atoms with van der Waals surface area (Å²) < 4.78 is 11.2. The number of methoxy groups -OCH3 is 1. The van der Waals surface area contributed by atoms with E-state index in [9.17, 15) is 9.59 Å². The number of esters is 1. The van der Waals surface area contributed by atoms with E-state index in [1.807, 2.05) is 142 Å². The molecule has 1 atom stereocenters. The van der Waals surface area contributed by atoms with Gasteiger partial charge in [-0.2, -0.15) is 0 Å². The number of ether oxygens (including phenoxy) is 2. The number of benzene rings is 4. The van der Waals surface area contributed by atoms with Crippen LogP contribution in [0, 0.1) is 0 Å². The van der Waals surface area contributed by atoms with Crippen LogP contribution in [0.15, 0.2) is 121 Å². The molecule has 1 N–H and O–H groups in total. The van der Waals surface area contributed by atoms with Crippen molar-refractivity contribution in [3.63, 3.8) is 0 Å². The molecule has 0 radical (unpaired) electrons. The molecule has 200 valence electrons. The Morgan fingerprint density at radius 3 is 1.41 bits per heavy atom. The van der Waals surface area contributed by atoms with Crippen molar-refractivity contribution in [3.8, 4) is 0 Å². The quantitative estimate of drug-likeness (QED) is 0.246. The van der Waals surface area contributed by atoms with Gasteiger partial charge in [0.25, 0.3) is 0 Å². The molecule has 0 aliphatic rings. The lowest BCUT2D eigenvalue weighted by Gasteiger charge is -2.35. The molecule has 0 saturated heterocycles. The number of amides is 1. The summed E-state index contributed by atoms with van der Waals surface area (Å²) in [6.45, 7) is 2.54. The van der Waals surface area contributed by atoms with Crippen LogP contribution in [0.25, 0.3) is 0 Å². The third-order valence-electron chi connectivity index (χ3n) is 6.25. The molecule has 6 heteroatoms. The molecule has 39 heavy (non-hydrogen) atoms. The van der Waals surface area contributed by atoms with Gasteiger partial charge in [0.15, 0.2) is 0 Å². The predicted molar refractivity (Wildman–Crippen MR) is 161 cm³/mol. The van der Waals surface area contributed by atoms with Gasteiger partial charge in [0.2, 0.25) is 0 Å². The molecule has 0 aromatic heterocycles. The largest absolute Gasteiger partial charge is 0.466 e. The van der Waals surface area contributed by atoms with Gasteiger partial charge in [-0.25, -0.2) is 9.59 Å². The normalized spacial score (nSPS) is 12.2. The van der Waals surface area contributed by atoms with Crippen LogP contribution in [-0.4, -0.2) is 30.1 Å². The maximum atomic E-state index is 14.1. The van der Waals surface area contributed by atoms with E-state index in [-0.39, 0.29) is 0 Å². The Morgan fingerprint density at radius 1 is 0.667 bits per heavy atom. The van der Waals surface area contributed by atoms with Gasteiger partial charge in [-0.3, -0.25) is 0 Å². The number of alkyl carbamates (subject to hydrolysis) is 1. The number of carbonyl (C=O) groups is 2. The molecule has 0 saturated carbocycles. The van der Waals surface area contributed by atoms with Crippen molar-refractivity contribution in [2.24, 2.45) is 0 Å². The first kappa shape index (κ1) is 27.9. The third-order valence-corrected chi connectivity index (χ3v) is 10.6. The minimum atomic E-state index is -2.89. The van der Waals surface area contributed by atoms with Gasteiger partial charge in [0, 0.05) is 0 Å². The maximum Gasteiger partial charge on any atom is 0.408 e. The molecule has 1 amide bonds. The van der Waals surface area contributed by atoms with Crippen LogP contribution >= 0.6 is 6.89 Å². The Kier molecular flexibility index (Phi) is 8.73. The zero-order valence-electron chi connectivity index (χ0n) is 22.7. The van der Waals surface area contributed by atoms with Crippen molar-refractivity contribution in [3.05, 3.63) is 127 Å². The van der Waals surface area contributed by atoms with Gasteiger partial charge >= 0.3 is 12.1 Å². The van der Waals surface area contributed by atoms with E-state index in [0.29, 0.717) is 5.29 Å². The summed E-state index contributed by atoms with van der Waals surface area (Å²) in [4.78, 5) is 27.4. The van der Waals surface area contributed by atoms with E-state index in [1.165, 1.54) is 7.11 Å². The van der Waals surface area contributed by atoms with Crippen molar-refractivity contribution in [1.29, 1.82) is 0 Å². The summed E-state index contributed by atoms with van der Waals surface area (Å²) in [5, 5.41) is 6.40. The number of carbonyl (C=O) groups excluding carboxylic acids is 2. The smallest absolute Gasteiger partial charge is 0.408 e. The van der Waals surface area contributed by atoms with Gasteiger partial charge in [-0.1, -0.05) is 121 Å². The van der Waals surface area contributed by atoms with Gasteiger partial charge in [-0.05, 0) is 49.1 Å². The summed E-state index contributed by atoms with van der Waals surface area (Å²) in [5.41, 5.74) is 0.0253. The second kappa shape index (κ2) is 12.2. The fourth-order valence-electron chi connectivity index (χ4n) is 4.75. The molecule has 5 nitrogen and oxygen atoms in total. The minimum absolute atomic E-state index is 0.450. The highest BCUT2D eigenvalue weighted by atomic mass is 31.2. The lowest BCUT2D eigenvalue weighted by molar-refractivity contribution is -0.132. The zero-order valence-corrected chi connectivity index (χ0v) is 23.6. The highest BCUT2D eigenvalue weighted by Crippen LogP contribution is 2.49. The predicted octanol–water partition coefficient (Wildman–Crippen LogP) is 5.59. The van der Waals surface area contributed by atoms with E-state index in [0.717, 1.165) is 21.5 Å². The SMILES string of the molecule is COC(=O)C([C@H](NC(=O)OC(C)(C)C)c1ccccc1)=P(c1ccccc1)(c1ccccc1)c1ccccc1. The first-order chi connectivity index (χ1) is 18.8. The Morgan fingerprint density at radius 2 is 1.05 bits per heavy atom. The van der Waals surface area contributed by atoms with Crippen LogP contribution in [-0.2, 0) is 14.3 Å². The van der Waals surface area contributed by atoms with Gasteiger partial charge in [0.1, 0.15) is 5.60 Å². The molecule has 0 spiro atoms. The Bertz CT molecular complexity index is 1340. The van der Waals surface area contributed by atoms with E-state index in [4.69, 9.17) is 9.47 Å². The molecule has 0 heterocycles. The van der Waals surface area contributed by atoms with Crippen molar-refractivity contribution in [1.82, 2.24) is 5.32 Å². The summed E-state index contributed by atoms with van der Waals surface area (Å²) in [6, 6.07) is 38.7. The monoisotopic (exact) mass is 539 g/mol. The van der Waals surface area contributed by atoms with Crippen molar-refractivity contribution in [2.45, 2.75) is 32.4 Å². The summed E-state index contributed by atoms with van der Waals surface area (Å²) >= 11 is 0. The average Bonchev–Trinajstić information content (AvgIpc) is 2.95. The molecule has 0 fully saturated rings. The van der Waals surface area contributed by atoms with Crippen LogP contribution < -0.4 is 21.2 Å². The number of hydrogen-bond donors (Lipinski definition) is 1. The molecule has 0 aliphatic carbocycles. The lowest BCUT2D eigenvalue weighted by atomic mass is 10.0. The third kappa shape index (κ3) is 6.16. The number of hydrogen-bond acceptors (Lipinski definition) is 4. The van der Waals surface area contributed by atoms with Crippen LogP contribution in [0.3, 0.4) is 0 Å². The van der Waals surface area contributed by atoms with Crippen molar-refractivity contribution >= 4 is 40.2 Å². The Balaban J connectivity index is 2.21. The molecular formula is C33H34NO4P. The van der Waals surface area contributed by atoms with E-state index in [1.54, 1.807) is 0 Å². The Labute approximate surface area is 230 Å². The maximum absolute atomic E-state index is 14.1. The molecule has 4 aromatic carbocycles. The molecule has 4 rings (SSSR count). The van der Waals surface area contributed by atoms with Gasteiger partial charge in [-0.15, -0.1) is 0 Å². The molecule has 0 aliphatic heterocycles. The second-order valence-corrected chi connectivity index (χ2v) is 13.4. The topological polar surface area (TPSA) is 64.6 Å². The Hall–Kier alpha value is -4.08. The highest BCUT2D eigenvalue weighted by molar-refractivity contribution is 7.96. The van der Waals surface area contributed by atoms with E-state index in [2.05, 4.69) is 5.32 Å². The summed E-state index contributed by atoms with van der Waals surface area (Å²) in [5.74, 6) is -0.496. The number of nitrogens with one attached hydrogen (secondary N) is 1. The van der Waals surface area contributed by atoms with Gasteiger partial charge in [0.05, 0.1) is 18.4 Å². The average molecular weight is 540 g/mol. The van der Waals surface area contributed by atoms with Crippen LogP contribution in [0.5, 0.6) is 0 Å². The van der Waals surface area contributed by atoms with Crippen molar-refractivity contribution in [2.75, 3.05) is 7.11 Å². The van der Waals surface area contributed by atoms with Crippen molar-refractivity contribution < 1.29 is 19.1 Å². The summed E-state index contributed by atoms with van der Waals surface area (Å²) in [6.07, 6.45) is -0.620. The second-order valence-electron chi connectivity index (χ2n) is 10.0. The summed E-state index contributed by atoms with van der Waals surface area (Å²) in [7, 11) is 1.38.